The molecule has 0 amide bonds. The maximum Gasteiger partial charge on any atom is -0.000741 e. The van der Waals surface area contributed by atoms with Crippen molar-refractivity contribution in [1.29, 1.82) is 0 Å². The molecule has 0 heterocycles. The van der Waals surface area contributed by atoms with Gasteiger partial charge in [-0.2, -0.15) is 0 Å². The molecule has 17 heavy (non-hydrogen) atoms. The van der Waals surface area contributed by atoms with Gasteiger partial charge in [0.25, 0.3) is 0 Å². The first-order valence-electron chi connectivity index (χ1n) is 6.14. The Labute approximate surface area is 103 Å². The second-order valence-electron chi connectivity index (χ2n) is 4.64. The van der Waals surface area contributed by atoms with E-state index in [-0.39, 0.29) is 0 Å². The third kappa shape index (κ3) is 1.52. The summed E-state index contributed by atoms with van der Waals surface area (Å²) in [6.07, 6.45) is 3.27. The van der Waals surface area contributed by atoms with E-state index in [9.17, 15) is 0 Å². The van der Waals surface area contributed by atoms with Crippen LogP contribution in [-0.4, -0.2) is 0 Å². The van der Waals surface area contributed by atoms with Crippen molar-refractivity contribution in [2.45, 2.75) is 20.3 Å². The highest BCUT2D eigenvalue weighted by molar-refractivity contribution is 5.82. The van der Waals surface area contributed by atoms with Crippen molar-refractivity contribution in [2.75, 3.05) is 0 Å². The van der Waals surface area contributed by atoms with E-state index < -0.39 is 0 Å². The van der Waals surface area contributed by atoms with Crippen LogP contribution in [0.15, 0.2) is 48.5 Å². The predicted octanol–water partition coefficient (Wildman–Crippen LogP) is 4.68. The van der Waals surface area contributed by atoms with E-state index in [1.165, 1.54) is 33.4 Å². The lowest BCUT2D eigenvalue weighted by molar-refractivity contribution is 1.24. The van der Waals surface area contributed by atoms with E-state index in [0.29, 0.717) is 0 Å². The van der Waals surface area contributed by atoms with Gasteiger partial charge in [0, 0.05) is 0 Å². The summed E-state index contributed by atoms with van der Waals surface area (Å²) in [4.78, 5) is 0. The first kappa shape index (κ1) is 10.3. The molecular weight excluding hydrogens is 204 g/mol. The SMILES string of the molecule is CC=C(C)c1cccc2c1Cc1ccccc1-2. The van der Waals surface area contributed by atoms with Crippen molar-refractivity contribution in [1.82, 2.24) is 0 Å². The van der Waals surface area contributed by atoms with Gasteiger partial charge in [0.2, 0.25) is 0 Å². The standard InChI is InChI=1S/C17H16/c1-3-12(2)14-9-6-10-16-15-8-5-4-7-13(15)11-17(14)16/h3-10H,11H2,1-2H3. The van der Waals surface area contributed by atoms with Crippen LogP contribution in [0.2, 0.25) is 0 Å². The highest BCUT2D eigenvalue weighted by Gasteiger charge is 2.20. The number of allylic oxidation sites excluding steroid dienone is 2. The Morgan fingerprint density at radius 2 is 1.76 bits per heavy atom. The third-order valence-corrected chi connectivity index (χ3v) is 3.71. The van der Waals surface area contributed by atoms with Crippen LogP contribution in [0.5, 0.6) is 0 Å². The number of hydrogen-bond acceptors (Lipinski definition) is 0. The smallest absolute Gasteiger partial charge is 0.000741 e. The van der Waals surface area contributed by atoms with E-state index in [1.54, 1.807) is 0 Å². The summed E-state index contributed by atoms with van der Waals surface area (Å²) in [6.45, 7) is 4.30. The van der Waals surface area contributed by atoms with Crippen LogP contribution < -0.4 is 0 Å². The Bertz CT molecular complexity index is 603. The minimum atomic E-state index is 1.08. The summed E-state index contributed by atoms with van der Waals surface area (Å²) in [5, 5.41) is 0. The molecule has 0 aliphatic heterocycles. The van der Waals surface area contributed by atoms with E-state index in [4.69, 9.17) is 0 Å². The van der Waals surface area contributed by atoms with E-state index in [2.05, 4.69) is 62.4 Å². The molecule has 1 aliphatic carbocycles. The molecule has 0 heteroatoms. The van der Waals surface area contributed by atoms with Gasteiger partial charge in [-0.05, 0) is 53.7 Å². The van der Waals surface area contributed by atoms with E-state index in [1.807, 2.05) is 0 Å². The summed E-state index contributed by atoms with van der Waals surface area (Å²) in [5.74, 6) is 0. The number of hydrogen-bond donors (Lipinski definition) is 0. The Balaban J connectivity index is 2.24. The molecule has 1 aliphatic rings. The predicted molar refractivity (Wildman–Crippen MR) is 74.0 cm³/mol. The molecule has 0 N–H and O–H groups in total. The topological polar surface area (TPSA) is 0 Å². The molecule has 0 nitrogen and oxygen atoms in total. The summed E-state index contributed by atoms with van der Waals surface area (Å²) < 4.78 is 0. The zero-order valence-corrected chi connectivity index (χ0v) is 10.3. The third-order valence-electron chi connectivity index (χ3n) is 3.71. The highest BCUT2D eigenvalue weighted by atomic mass is 14.2. The fraction of sp³-hybridized carbons (Fsp3) is 0.176. The second kappa shape index (κ2) is 3.89. The van der Waals surface area contributed by atoms with Gasteiger partial charge in [0.05, 0.1) is 0 Å². The molecule has 0 fully saturated rings. The average molecular weight is 220 g/mol. The first-order chi connectivity index (χ1) is 8.31. The van der Waals surface area contributed by atoms with Crippen LogP contribution in [-0.2, 0) is 6.42 Å². The molecule has 0 aromatic heterocycles. The molecule has 0 bridgehead atoms. The largest absolute Gasteiger partial charge is 0.0841 e. The molecule has 0 saturated heterocycles. The number of fused-ring (bicyclic) bond motifs is 3. The summed E-state index contributed by atoms with van der Waals surface area (Å²) in [5.41, 5.74) is 8.55. The van der Waals surface area contributed by atoms with Gasteiger partial charge in [-0.3, -0.25) is 0 Å². The lowest BCUT2D eigenvalue weighted by Gasteiger charge is -2.08. The minimum Gasteiger partial charge on any atom is -0.0841 e. The zero-order chi connectivity index (χ0) is 11.8. The fourth-order valence-corrected chi connectivity index (χ4v) is 2.68. The van der Waals surface area contributed by atoms with E-state index >= 15 is 0 Å². The van der Waals surface area contributed by atoms with Gasteiger partial charge < -0.3 is 0 Å². The Kier molecular flexibility index (Phi) is 2.36. The quantitative estimate of drug-likeness (QED) is 0.558. The monoisotopic (exact) mass is 220 g/mol. The molecule has 3 rings (SSSR count). The average Bonchev–Trinajstić information content (AvgIpc) is 2.76. The van der Waals surface area contributed by atoms with Crippen LogP contribution in [0.25, 0.3) is 16.7 Å². The normalized spacial score (nSPS) is 13.4. The van der Waals surface area contributed by atoms with E-state index in [0.717, 1.165) is 6.42 Å². The number of benzene rings is 2. The summed E-state index contributed by atoms with van der Waals surface area (Å²) in [6, 6.07) is 15.4. The number of rotatable bonds is 1. The minimum absolute atomic E-state index is 1.08. The van der Waals surface area contributed by atoms with Gasteiger partial charge in [-0.15, -0.1) is 0 Å². The zero-order valence-electron chi connectivity index (χ0n) is 10.3. The lowest BCUT2D eigenvalue weighted by Crippen LogP contribution is -1.89. The first-order valence-corrected chi connectivity index (χ1v) is 6.14. The molecule has 0 unspecified atom stereocenters. The van der Waals surface area contributed by atoms with Gasteiger partial charge in [0.15, 0.2) is 0 Å². The van der Waals surface area contributed by atoms with Crippen molar-refractivity contribution >= 4 is 5.57 Å². The highest BCUT2D eigenvalue weighted by Crippen LogP contribution is 2.39. The van der Waals surface area contributed by atoms with Crippen molar-refractivity contribution < 1.29 is 0 Å². The molecule has 84 valence electrons. The molecule has 0 saturated carbocycles. The van der Waals surface area contributed by atoms with Crippen LogP contribution in [0.1, 0.15) is 30.5 Å². The van der Waals surface area contributed by atoms with Gasteiger partial charge >= 0.3 is 0 Å². The van der Waals surface area contributed by atoms with Crippen LogP contribution in [0, 0.1) is 0 Å². The molecule has 2 aromatic carbocycles. The molecule has 2 aromatic rings. The van der Waals surface area contributed by atoms with Crippen LogP contribution in [0.4, 0.5) is 0 Å². The van der Waals surface area contributed by atoms with Gasteiger partial charge in [0.1, 0.15) is 0 Å². The molecule has 0 atom stereocenters. The second-order valence-corrected chi connectivity index (χ2v) is 4.64. The van der Waals surface area contributed by atoms with Crippen LogP contribution in [0.3, 0.4) is 0 Å². The summed E-state index contributed by atoms with van der Waals surface area (Å²) in [7, 11) is 0. The van der Waals surface area contributed by atoms with Crippen LogP contribution >= 0.6 is 0 Å². The molecule has 0 radical (unpaired) electrons. The van der Waals surface area contributed by atoms with Gasteiger partial charge in [-0.25, -0.2) is 0 Å². The Morgan fingerprint density at radius 3 is 2.59 bits per heavy atom. The van der Waals surface area contributed by atoms with Crippen molar-refractivity contribution in [3.63, 3.8) is 0 Å². The fourth-order valence-electron chi connectivity index (χ4n) is 2.68. The Hall–Kier alpha value is -1.82. The van der Waals surface area contributed by atoms with Crippen molar-refractivity contribution in [2.24, 2.45) is 0 Å². The maximum atomic E-state index is 2.24. The summed E-state index contributed by atoms with van der Waals surface area (Å²) >= 11 is 0. The van der Waals surface area contributed by atoms with Crippen molar-refractivity contribution in [3.8, 4) is 11.1 Å². The molecular formula is C17H16. The maximum absolute atomic E-state index is 2.24. The van der Waals surface area contributed by atoms with Gasteiger partial charge in [-0.1, -0.05) is 48.5 Å². The lowest BCUT2D eigenvalue weighted by atomic mass is 9.96. The Morgan fingerprint density at radius 1 is 1.00 bits per heavy atom. The van der Waals surface area contributed by atoms with Crippen molar-refractivity contribution in [3.05, 3.63) is 65.2 Å². The molecule has 0 spiro atoms.